The number of nitrogen functional groups attached to an aromatic ring is 1. The Labute approximate surface area is 418 Å². The predicted octanol–water partition coefficient (Wildman–Crippen LogP) is 12.7. The number of fused-ring (bicyclic) bond motifs is 2. The average Bonchev–Trinajstić information content (AvgIpc) is 3.34. The van der Waals surface area contributed by atoms with E-state index in [9.17, 15) is 20.2 Å². The molecule has 2 heterocycles. The molecule has 0 aliphatic carbocycles. The lowest BCUT2D eigenvalue weighted by molar-refractivity contribution is -0.384. The van der Waals surface area contributed by atoms with Crippen molar-refractivity contribution in [2.24, 2.45) is 0 Å². The molecule has 0 spiro atoms. The lowest BCUT2D eigenvalue weighted by Crippen LogP contribution is -2.03. The minimum Gasteiger partial charge on any atom is -0.495 e. The van der Waals surface area contributed by atoms with E-state index in [1.807, 2.05) is 24.3 Å². The van der Waals surface area contributed by atoms with Crippen molar-refractivity contribution in [3.63, 3.8) is 0 Å². The molecule has 23 heteroatoms. The molecule has 0 atom stereocenters. The van der Waals surface area contributed by atoms with Gasteiger partial charge in [0.25, 0.3) is 11.4 Å². The van der Waals surface area contributed by atoms with Crippen molar-refractivity contribution in [2.75, 3.05) is 53.7 Å². The lowest BCUT2D eigenvalue weighted by Gasteiger charge is -2.15. The number of nitrogens with zero attached hydrogens (tertiary/aromatic N) is 6. The summed E-state index contributed by atoms with van der Waals surface area (Å²) in [6, 6.07) is 23.2. The molecular weight excluding hydrogens is 1000 g/mol. The fraction of sp³-hybridized carbons (Fsp3) is 0.130. The van der Waals surface area contributed by atoms with Crippen LogP contribution in [-0.4, -0.2) is 72.4 Å². The minimum atomic E-state index is -0.544. The Hall–Kier alpha value is -7.35. The van der Waals surface area contributed by atoms with E-state index in [1.54, 1.807) is 48.8 Å². The summed E-state index contributed by atoms with van der Waals surface area (Å²) in [4.78, 5) is 37.7. The summed E-state index contributed by atoms with van der Waals surface area (Å²) in [6.07, 6.45) is 3.24. The Morgan fingerprint density at radius 3 is 1.39 bits per heavy atom. The quantitative estimate of drug-likeness (QED) is 0.0501. The van der Waals surface area contributed by atoms with Gasteiger partial charge in [-0.2, -0.15) is 0 Å². The number of anilines is 3. The summed E-state index contributed by atoms with van der Waals surface area (Å²) >= 11 is 31.8. The fourth-order valence-electron chi connectivity index (χ4n) is 6.64. The number of methoxy groups -OCH3 is 6. The summed E-state index contributed by atoms with van der Waals surface area (Å²) in [5, 5.41) is 27.9. The first kappa shape index (κ1) is 51.0. The van der Waals surface area contributed by atoms with Crippen LogP contribution in [0, 0.1) is 20.2 Å². The monoisotopic (exact) mass is 1040 g/mol. The van der Waals surface area contributed by atoms with E-state index >= 15 is 0 Å². The van der Waals surface area contributed by atoms with Crippen LogP contribution in [0.15, 0.2) is 97.3 Å². The molecule has 8 aromatic rings. The highest BCUT2D eigenvalue weighted by molar-refractivity contribution is 6.42. The number of nitro groups is 2. The summed E-state index contributed by atoms with van der Waals surface area (Å²) in [5.41, 5.74) is 9.38. The zero-order valence-corrected chi connectivity index (χ0v) is 40.8. The number of nitrogens with two attached hydrogens (primary N) is 1. The topological polar surface area (TPSA) is 231 Å². The third-order valence-electron chi connectivity index (χ3n) is 9.97. The van der Waals surface area contributed by atoms with E-state index in [-0.39, 0.29) is 34.0 Å². The van der Waals surface area contributed by atoms with Crippen LogP contribution in [0.3, 0.4) is 0 Å². The van der Waals surface area contributed by atoms with Gasteiger partial charge in [-0.15, -0.1) is 0 Å². The van der Waals surface area contributed by atoms with Crippen molar-refractivity contribution in [2.45, 2.75) is 0 Å². The summed E-state index contributed by atoms with van der Waals surface area (Å²) in [7, 11) is 8.93. The van der Waals surface area contributed by atoms with Crippen molar-refractivity contribution >= 4 is 109 Å². The van der Waals surface area contributed by atoms with Crippen LogP contribution in [-0.2, 0) is 0 Å². The Morgan fingerprint density at radius 2 is 0.942 bits per heavy atom. The van der Waals surface area contributed by atoms with E-state index in [0.29, 0.717) is 82.2 Å². The SMILES string of the molecule is COc1cc(OC)c(Cl)c(-c2ccc3nc(Cl)ncc3c2)c1Cl.COc1cc(OC)c(Cl)c(-c2ccc3nc(Nc4c(OC)cccc4[N+](=O)[O-])ncc3c2)c1Cl.COc1cccc([N+](=O)[O-])c1N. The number of aromatic nitrogens is 4. The Balaban J connectivity index is 0.000000191. The molecular formula is C46H37Cl5N8O10. The summed E-state index contributed by atoms with van der Waals surface area (Å²) < 4.78 is 31.3. The van der Waals surface area contributed by atoms with Gasteiger partial charge >= 0.3 is 0 Å². The average molecular weight is 1040 g/mol. The van der Waals surface area contributed by atoms with Gasteiger partial charge in [-0.25, -0.2) is 19.9 Å². The third kappa shape index (κ3) is 11.2. The summed E-state index contributed by atoms with van der Waals surface area (Å²) in [6.45, 7) is 0. The minimum absolute atomic E-state index is 0.0602. The molecule has 18 nitrogen and oxygen atoms in total. The molecule has 0 aliphatic rings. The number of benzene rings is 6. The van der Waals surface area contributed by atoms with Crippen molar-refractivity contribution in [3.05, 3.63) is 143 Å². The van der Waals surface area contributed by atoms with Crippen LogP contribution in [0.25, 0.3) is 44.1 Å². The standard InChI is InChI=1S/C23H18Cl2N4O5.C16H11Cl3N2O2.C7H8N2O3/c1-32-16-6-4-5-15(29(30)31)22(16)28-23-26-11-13-9-12(7-8-14(13)27-23)19-20(24)17(33-2)10-18(34-3)21(19)25;1-22-11-6-12(23-2)15(18)13(14(11)17)8-3-4-10-9(5-8)7-20-16(19)21-10;1-12-6-4-2-3-5(7(6)8)9(10)11/h4-11H,1-3H3,(H,26,27,28);3-7H,1-2H3;2-4H,8H2,1H3. The van der Waals surface area contributed by atoms with Crippen LogP contribution < -0.4 is 39.5 Å². The fourth-order valence-corrected chi connectivity index (χ4v) is 8.22. The predicted molar refractivity (Wildman–Crippen MR) is 268 cm³/mol. The molecule has 0 amide bonds. The molecule has 0 aliphatic heterocycles. The maximum Gasteiger partial charge on any atom is 0.296 e. The van der Waals surface area contributed by atoms with Gasteiger partial charge in [-0.3, -0.25) is 20.2 Å². The molecule has 0 saturated heterocycles. The molecule has 0 fully saturated rings. The van der Waals surface area contributed by atoms with Gasteiger partial charge in [0, 0.05) is 58.6 Å². The molecule has 8 rings (SSSR count). The van der Waals surface area contributed by atoms with Gasteiger partial charge in [0.1, 0.15) is 34.5 Å². The number of ether oxygens (including phenoxy) is 6. The van der Waals surface area contributed by atoms with E-state index in [2.05, 4.69) is 25.3 Å². The van der Waals surface area contributed by atoms with Crippen LogP contribution in [0.1, 0.15) is 0 Å². The Bertz CT molecular complexity index is 3190. The number of para-hydroxylation sites is 2. The van der Waals surface area contributed by atoms with Gasteiger partial charge in [0.05, 0.1) is 83.6 Å². The number of nitrogens with one attached hydrogen (secondary N) is 1. The van der Waals surface area contributed by atoms with E-state index < -0.39 is 9.85 Å². The van der Waals surface area contributed by atoms with Gasteiger partial charge in [0.2, 0.25) is 11.2 Å². The van der Waals surface area contributed by atoms with Gasteiger partial charge in [0.15, 0.2) is 11.4 Å². The molecule has 3 N–H and O–H groups in total. The molecule has 356 valence electrons. The van der Waals surface area contributed by atoms with Crippen LogP contribution >= 0.6 is 58.0 Å². The zero-order chi connectivity index (χ0) is 50.1. The second-order valence-electron chi connectivity index (χ2n) is 13.8. The number of halogens is 5. The van der Waals surface area contributed by atoms with Crippen LogP contribution in [0.2, 0.25) is 25.4 Å². The molecule has 69 heavy (non-hydrogen) atoms. The van der Waals surface area contributed by atoms with Gasteiger partial charge in [-0.05, 0) is 59.1 Å². The maximum atomic E-state index is 11.4. The first-order valence-corrected chi connectivity index (χ1v) is 21.5. The second-order valence-corrected chi connectivity index (χ2v) is 15.7. The smallest absolute Gasteiger partial charge is 0.296 e. The molecule has 2 aromatic heterocycles. The molecule has 0 unspecified atom stereocenters. The highest BCUT2D eigenvalue weighted by Gasteiger charge is 2.23. The first-order valence-electron chi connectivity index (χ1n) is 19.6. The maximum absolute atomic E-state index is 11.4. The van der Waals surface area contributed by atoms with Crippen molar-refractivity contribution in [1.29, 1.82) is 0 Å². The second kappa shape index (κ2) is 22.6. The Morgan fingerprint density at radius 1 is 0.522 bits per heavy atom. The largest absolute Gasteiger partial charge is 0.495 e. The molecule has 0 saturated carbocycles. The van der Waals surface area contributed by atoms with Gasteiger partial charge < -0.3 is 39.5 Å². The highest BCUT2D eigenvalue weighted by atomic mass is 35.5. The Kier molecular flexibility index (Phi) is 16.7. The number of rotatable bonds is 12. The first-order chi connectivity index (χ1) is 33.1. The number of hydrogen-bond donors (Lipinski definition) is 2. The highest BCUT2D eigenvalue weighted by Crippen LogP contribution is 2.48. The zero-order valence-electron chi connectivity index (χ0n) is 37.0. The van der Waals surface area contributed by atoms with Crippen molar-refractivity contribution < 1.29 is 38.3 Å². The van der Waals surface area contributed by atoms with Crippen LogP contribution in [0.5, 0.6) is 34.5 Å². The van der Waals surface area contributed by atoms with Crippen molar-refractivity contribution in [3.8, 4) is 56.8 Å². The van der Waals surface area contributed by atoms with Gasteiger partial charge in [-0.1, -0.05) is 70.7 Å². The van der Waals surface area contributed by atoms with Crippen LogP contribution in [0.4, 0.5) is 28.7 Å². The normalized spacial score (nSPS) is 10.5. The van der Waals surface area contributed by atoms with E-state index in [4.69, 9.17) is 92.2 Å². The lowest BCUT2D eigenvalue weighted by atomic mass is 10.0. The molecule has 6 aromatic carbocycles. The van der Waals surface area contributed by atoms with Crippen molar-refractivity contribution in [1.82, 2.24) is 19.9 Å². The molecule has 0 bridgehead atoms. The number of hydrogen-bond acceptors (Lipinski definition) is 16. The third-order valence-corrected chi connectivity index (χ3v) is 11.7. The number of nitro benzene ring substituents is 2. The van der Waals surface area contributed by atoms with E-state index in [0.717, 1.165) is 16.5 Å². The summed E-state index contributed by atoms with van der Waals surface area (Å²) in [5.74, 6) is 2.60. The molecule has 0 radical (unpaired) electrons. The van der Waals surface area contributed by atoms with E-state index in [1.165, 1.54) is 66.9 Å².